The van der Waals surface area contributed by atoms with E-state index >= 15 is 0 Å². The maximum atomic E-state index is 12.9. The van der Waals surface area contributed by atoms with Crippen molar-refractivity contribution < 1.29 is 32.3 Å². The Hall–Kier alpha value is -3.28. The molecule has 0 saturated heterocycles. The summed E-state index contributed by atoms with van der Waals surface area (Å²) in [5.41, 5.74) is 2.15. The van der Waals surface area contributed by atoms with Crippen molar-refractivity contribution in [3.05, 3.63) is 52.7 Å². The van der Waals surface area contributed by atoms with E-state index in [0.717, 1.165) is 29.5 Å². The number of fused-ring (bicyclic) bond motifs is 1. The molecule has 38 heavy (non-hydrogen) atoms. The van der Waals surface area contributed by atoms with Gasteiger partial charge in [0.15, 0.2) is 5.60 Å². The van der Waals surface area contributed by atoms with Crippen LogP contribution in [0.3, 0.4) is 0 Å². The van der Waals surface area contributed by atoms with Crippen LogP contribution in [0.2, 0.25) is 0 Å². The van der Waals surface area contributed by atoms with Crippen LogP contribution in [0.5, 0.6) is 0 Å². The molecule has 1 saturated carbocycles. The number of ether oxygens (including phenoxy) is 1. The van der Waals surface area contributed by atoms with E-state index in [9.17, 15) is 23.1 Å². The van der Waals surface area contributed by atoms with Gasteiger partial charge in [0.05, 0.1) is 16.6 Å². The van der Waals surface area contributed by atoms with Crippen LogP contribution >= 0.6 is 0 Å². The van der Waals surface area contributed by atoms with Crippen molar-refractivity contribution in [2.45, 2.75) is 56.8 Å². The van der Waals surface area contributed by atoms with E-state index in [2.05, 4.69) is 15.0 Å². The number of benzene rings is 1. The summed E-state index contributed by atoms with van der Waals surface area (Å²) in [6.07, 6.45) is 2.26. The molecule has 0 bridgehead atoms. The van der Waals surface area contributed by atoms with Crippen LogP contribution in [-0.2, 0) is 25.3 Å². The quantitative estimate of drug-likeness (QED) is 0.293. The number of carboxylic acids is 1. The molecule has 1 fully saturated rings. The molecular weight excluding hydrogens is 510 g/mol. The van der Waals surface area contributed by atoms with Crippen LogP contribution in [0, 0.1) is 6.92 Å². The summed E-state index contributed by atoms with van der Waals surface area (Å²) in [7, 11) is -0.917. The molecule has 1 amide bonds. The first-order chi connectivity index (χ1) is 18.0. The molecule has 204 valence electrons. The highest BCUT2D eigenvalue weighted by Gasteiger charge is 2.33. The summed E-state index contributed by atoms with van der Waals surface area (Å²) in [5, 5.41) is 12.5. The SMILES string of the molecule is CNC(=O)c1c(-c2ccc(C)cc2)oc2nc(CS(=O)(=O)NCCCC(C)(OC)C(=O)O)c(C3CC3)cc12. The molecule has 4 rings (SSSR count). The third-order valence-electron chi connectivity index (χ3n) is 6.96. The number of carbonyl (C=O) groups excluding carboxylic acids is 1. The molecule has 3 aromatic rings. The molecule has 0 aliphatic heterocycles. The van der Waals surface area contributed by atoms with E-state index in [4.69, 9.17) is 9.15 Å². The summed E-state index contributed by atoms with van der Waals surface area (Å²) in [6, 6.07) is 9.43. The van der Waals surface area contributed by atoms with Crippen molar-refractivity contribution in [1.82, 2.24) is 15.0 Å². The van der Waals surface area contributed by atoms with Gasteiger partial charge in [0.25, 0.3) is 5.91 Å². The third-order valence-corrected chi connectivity index (χ3v) is 8.26. The smallest absolute Gasteiger partial charge is 0.335 e. The van der Waals surface area contributed by atoms with Crippen molar-refractivity contribution in [3.8, 4) is 11.3 Å². The van der Waals surface area contributed by atoms with Crippen molar-refractivity contribution in [1.29, 1.82) is 0 Å². The third kappa shape index (κ3) is 5.90. The second-order valence-electron chi connectivity index (χ2n) is 9.90. The van der Waals surface area contributed by atoms with Gasteiger partial charge in [-0.1, -0.05) is 29.8 Å². The number of carboxylic acid groups (broad SMARTS) is 1. The molecular formula is C27H33N3O7S. The Morgan fingerprint density at radius 3 is 2.50 bits per heavy atom. The number of aromatic nitrogens is 1. The number of aliphatic carboxylic acids is 1. The van der Waals surface area contributed by atoms with Crippen molar-refractivity contribution in [2.75, 3.05) is 20.7 Å². The minimum atomic E-state index is -3.78. The van der Waals surface area contributed by atoms with E-state index in [1.54, 1.807) is 7.05 Å². The van der Waals surface area contributed by atoms with E-state index in [0.29, 0.717) is 22.4 Å². The predicted octanol–water partition coefficient (Wildman–Crippen LogP) is 3.73. The van der Waals surface area contributed by atoms with Gasteiger partial charge in [0, 0.05) is 26.3 Å². The average molecular weight is 544 g/mol. The molecule has 1 atom stereocenters. The number of aryl methyl sites for hydroxylation is 1. The monoisotopic (exact) mass is 543 g/mol. The first-order valence-corrected chi connectivity index (χ1v) is 14.1. The van der Waals surface area contributed by atoms with Crippen LogP contribution in [0.15, 0.2) is 34.7 Å². The van der Waals surface area contributed by atoms with Crippen molar-refractivity contribution in [3.63, 3.8) is 0 Å². The van der Waals surface area contributed by atoms with Gasteiger partial charge in [-0.25, -0.2) is 22.9 Å². The molecule has 1 aliphatic rings. The summed E-state index contributed by atoms with van der Waals surface area (Å²) in [4.78, 5) is 28.9. The number of hydrogen-bond donors (Lipinski definition) is 3. The summed E-state index contributed by atoms with van der Waals surface area (Å²) in [5.74, 6) is -1.22. The molecule has 2 heterocycles. The summed E-state index contributed by atoms with van der Waals surface area (Å²) in [6.45, 7) is 3.48. The Bertz CT molecular complexity index is 1460. The van der Waals surface area contributed by atoms with Crippen molar-refractivity contribution >= 4 is 33.0 Å². The second kappa shape index (κ2) is 10.8. The Labute approximate surface area is 221 Å². The number of amides is 1. The van der Waals surface area contributed by atoms with E-state index in [1.807, 2.05) is 37.3 Å². The maximum Gasteiger partial charge on any atom is 0.335 e. The minimum absolute atomic E-state index is 0.0642. The number of furan rings is 1. The Kier molecular flexibility index (Phi) is 7.91. The largest absolute Gasteiger partial charge is 0.479 e. The lowest BCUT2D eigenvalue weighted by molar-refractivity contribution is -0.160. The highest BCUT2D eigenvalue weighted by Crippen LogP contribution is 2.44. The number of methoxy groups -OCH3 is 1. The Balaban J connectivity index is 1.63. The first kappa shape index (κ1) is 27.7. The standard InChI is InChI=1S/C27H33N3O7S/c1-16-6-8-18(9-7-16)23-22(24(31)28-3)20-14-19(17-10-11-17)21(30-25(20)37-23)15-38(34,35)29-13-5-12-27(2,36-4)26(32)33/h6-9,14,17,29H,5,10-13,15H2,1-4H3,(H,28,31)(H,32,33). The molecule has 10 nitrogen and oxygen atoms in total. The second-order valence-corrected chi connectivity index (χ2v) is 11.7. The Morgan fingerprint density at radius 2 is 1.92 bits per heavy atom. The zero-order chi connectivity index (χ0) is 27.7. The minimum Gasteiger partial charge on any atom is -0.479 e. The predicted molar refractivity (Wildman–Crippen MR) is 142 cm³/mol. The molecule has 0 spiro atoms. The molecule has 2 aromatic heterocycles. The lowest BCUT2D eigenvalue weighted by atomic mass is 10.0. The number of pyridine rings is 1. The molecule has 11 heteroatoms. The topological polar surface area (TPSA) is 148 Å². The van der Waals surface area contributed by atoms with Crippen LogP contribution in [0.4, 0.5) is 0 Å². The number of rotatable bonds is 12. The van der Waals surface area contributed by atoms with Gasteiger partial charge < -0.3 is 19.6 Å². The van der Waals surface area contributed by atoms with Crippen LogP contribution in [0.25, 0.3) is 22.4 Å². The lowest BCUT2D eigenvalue weighted by Gasteiger charge is -2.22. The molecule has 1 aromatic carbocycles. The zero-order valence-corrected chi connectivity index (χ0v) is 22.8. The normalized spacial score (nSPS) is 15.4. The molecule has 0 radical (unpaired) electrons. The average Bonchev–Trinajstić information content (AvgIpc) is 3.66. The molecule has 3 N–H and O–H groups in total. The van der Waals surface area contributed by atoms with Gasteiger partial charge in [-0.2, -0.15) is 0 Å². The van der Waals surface area contributed by atoms with Gasteiger partial charge in [-0.3, -0.25) is 4.79 Å². The summed E-state index contributed by atoms with van der Waals surface area (Å²) < 4.78 is 39.6. The van der Waals surface area contributed by atoms with Crippen LogP contribution in [-0.4, -0.2) is 56.7 Å². The fraction of sp³-hybridized carbons (Fsp3) is 0.444. The van der Waals surface area contributed by atoms with Gasteiger partial charge in [-0.15, -0.1) is 0 Å². The van der Waals surface area contributed by atoms with Gasteiger partial charge in [0.1, 0.15) is 11.5 Å². The number of carbonyl (C=O) groups is 2. The van der Waals surface area contributed by atoms with Gasteiger partial charge >= 0.3 is 5.97 Å². The Morgan fingerprint density at radius 1 is 1.24 bits per heavy atom. The van der Waals surface area contributed by atoms with Crippen LogP contribution < -0.4 is 10.0 Å². The van der Waals surface area contributed by atoms with E-state index in [-0.39, 0.29) is 42.7 Å². The molecule has 1 aliphatic carbocycles. The highest BCUT2D eigenvalue weighted by atomic mass is 32.2. The first-order valence-electron chi connectivity index (χ1n) is 12.5. The van der Waals surface area contributed by atoms with Crippen molar-refractivity contribution in [2.24, 2.45) is 0 Å². The lowest BCUT2D eigenvalue weighted by Crippen LogP contribution is -2.38. The number of sulfonamides is 1. The van der Waals surface area contributed by atoms with Crippen LogP contribution in [0.1, 0.15) is 65.7 Å². The summed E-state index contributed by atoms with van der Waals surface area (Å²) >= 11 is 0. The molecule has 1 unspecified atom stereocenters. The fourth-order valence-corrected chi connectivity index (χ4v) is 5.53. The highest BCUT2D eigenvalue weighted by molar-refractivity contribution is 7.88. The number of hydrogen-bond acceptors (Lipinski definition) is 7. The van der Waals surface area contributed by atoms with E-state index < -0.39 is 21.6 Å². The number of nitrogens with zero attached hydrogens (tertiary/aromatic N) is 1. The zero-order valence-electron chi connectivity index (χ0n) is 22.0. The number of nitrogens with one attached hydrogen (secondary N) is 2. The van der Waals surface area contributed by atoms with Gasteiger partial charge in [0.2, 0.25) is 15.7 Å². The maximum absolute atomic E-state index is 12.9. The van der Waals surface area contributed by atoms with Gasteiger partial charge in [-0.05, 0) is 57.1 Å². The fourth-order valence-electron chi connectivity index (χ4n) is 4.38. The van der Waals surface area contributed by atoms with E-state index in [1.165, 1.54) is 14.0 Å².